The van der Waals surface area contributed by atoms with Crippen LogP contribution >= 0.6 is 11.6 Å². The second kappa shape index (κ2) is 9.43. The summed E-state index contributed by atoms with van der Waals surface area (Å²) in [5.41, 5.74) is -1.88. The lowest BCUT2D eigenvalue weighted by molar-refractivity contribution is 0.298. The molecule has 4 rings (SSSR count). The second-order valence-electron chi connectivity index (χ2n) is 8.11. The maximum absolute atomic E-state index is 13.8. The van der Waals surface area contributed by atoms with Crippen LogP contribution in [0.25, 0.3) is 11.0 Å². The van der Waals surface area contributed by atoms with E-state index in [4.69, 9.17) is 16.3 Å². The van der Waals surface area contributed by atoms with Crippen molar-refractivity contribution in [1.82, 2.24) is 12.5 Å². The van der Waals surface area contributed by atoms with Crippen LogP contribution in [-0.4, -0.2) is 41.9 Å². The molecular weight excluding hydrogens is 556 g/mol. The minimum atomic E-state index is -4.18. The van der Waals surface area contributed by atoms with E-state index in [1.807, 2.05) is 0 Å². The van der Waals surface area contributed by atoms with Crippen molar-refractivity contribution in [2.24, 2.45) is 0 Å². The molecule has 37 heavy (non-hydrogen) atoms. The van der Waals surface area contributed by atoms with Crippen LogP contribution in [0.5, 0.6) is 5.75 Å². The third kappa shape index (κ3) is 5.17. The molecule has 4 aromatic rings. The van der Waals surface area contributed by atoms with Gasteiger partial charge in [-0.05, 0) is 35.9 Å². The Labute approximate surface area is 214 Å². The van der Waals surface area contributed by atoms with Crippen molar-refractivity contribution < 1.29 is 30.4 Å². The average molecular weight is 574 g/mol. The van der Waals surface area contributed by atoms with Gasteiger partial charge >= 0.3 is 5.69 Å². The van der Waals surface area contributed by atoms with E-state index in [1.54, 1.807) is 0 Å². The monoisotopic (exact) mass is 573 g/mol. The third-order valence-corrected chi connectivity index (χ3v) is 7.69. The van der Waals surface area contributed by atoms with Gasteiger partial charge in [-0.25, -0.2) is 30.4 Å². The normalized spacial score (nSPS) is 12.2. The van der Waals surface area contributed by atoms with Gasteiger partial charge in [0, 0.05) is 17.8 Å². The Bertz CT molecular complexity index is 1900. The van der Waals surface area contributed by atoms with Crippen LogP contribution in [-0.2, 0) is 33.2 Å². The lowest BCUT2D eigenvalue weighted by atomic mass is 10.2. The van der Waals surface area contributed by atoms with Gasteiger partial charge in [0.2, 0.25) is 20.0 Å². The lowest BCUT2D eigenvalue weighted by Crippen LogP contribution is -2.31. The molecule has 0 bridgehead atoms. The van der Waals surface area contributed by atoms with Crippen LogP contribution in [0.15, 0.2) is 58.3 Å². The van der Waals surface area contributed by atoms with Gasteiger partial charge in [-0.2, -0.15) is 7.94 Å². The minimum absolute atomic E-state index is 0.0433. The van der Waals surface area contributed by atoms with E-state index in [2.05, 4.69) is 0 Å². The number of benzene rings is 2. The standard InChI is InChI=1S/C22H18ClF2N3O7S2/c1-36(31,32)27-17-6-3-13(9-18(17)28(22(27)30)37(2,33)34)11-26-8-7-19(20(23)21(26)29)35-12-14-4-5-15(24)10-16(14)25/h3-10H,11-12H2,1-2H3. The number of hydrogen-bond acceptors (Lipinski definition) is 7. The summed E-state index contributed by atoms with van der Waals surface area (Å²) < 4.78 is 83.0. The van der Waals surface area contributed by atoms with Gasteiger partial charge in [-0.15, -0.1) is 0 Å². The topological polar surface area (TPSA) is 126 Å². The number of ether oxygens (including phenoxy) is 1. The van der Waals surface area contributed by atoms with Gasteiger partial charge in [-0.3, -0.25) is 4.79 Å². The first-order chi connectivity index (χ1) is 17.2. The fraction of sp³-hybridized carbons (Fsp3) is 0.182. The summed E-state index contributed by atoms with van der Waals surface area (Å²) >= 11 is 6.14. The van der Waals surface area contributed by atoms with Crippen molar-refractivity contribution in [3.63, 3.8) is 0 Å². The molecule has 2 aromatic carbocycles. The molecule has 0 radical (unpaired) electrons. The molecule has 0 amide bonds. The van der Waals surface area contributed by atoms with Gasteiger partial charge in [0.25, 0.3) is 5.56 Å². The predicted molar refractivity (Wildman–Crippen MR) is 132 cm³/mol. The third-order valence-electron chi connectivity index (χ3n) is 5.31. The highest BCUT2D eigenvalue weighted by atomic mass is 35.5. The molecule has 0 aliphatic carbocycles. The van der Waals surface area contributed by atoms with E-state index in [1.165, 1.54) is 41.1 Å². The fourth-order valence-corrected chi connectivity index (χ4v) is 5.71. The van der Waals surface area contributed by atoms with Gasteiger partial charge < -0.3 is 9.30 Å². The van der Waals surface area contributed by atoms with Gasteiger partial charge in [0.1, 0.15) is 29.0 Å². The molecule has 10 nitrogen and oxygen atoms in total. The van der Waals surface area contributed by atoms with Crippen LogP contribution in [0.3, 0.4) is 0 Å². The summed E-state index contributed by atoms with van der Waals surface area (Å²) in [6, 6.07) is 8.28. The zero-order chi connectivity index (χ0) is 27.3. The molecule has 0 saturated heterocycles. The first-order valence-corrected chi connectivity index (χ1v) is 14.4. The zero-order valence-corrected chi connectivity index (χ0v) is 21.6. The SMILES string of the molecule is CS(=O)(=O)n1c(=O)n(S(C)(=O)=O)c2cc(Cn3ccc(OCc4ccc(F)cc4F)c(Cl)c3=O)ccc21. The Morgan fingerprint density at radius 3 is 2.16 bits per heavy atom. The van der Waals surface area contributed by atoms with E-state index in [0.29, 0.717) is 19.6 Å². The zero-order valence-electron chi connectivity index (χ0n) is 19.2. The number of fused-ring (bicyclic) bond motifs is 1. The number of rotatable bonds is 7. The number of pyridine rings is 1. The Hall–Kier alpha value is -3.49. The van der Waals surface area contributed by atoms with E-state index in [9.17, 15) is 35.2 Å². The Balaban J connectivity index is 1.69. The molecule has 0 aliphatic heterocycles. The summed E-state index contributed by atoms with van der Waals surface area (Å²) in [6.07, 6.45) is 2.86. The summed E-state index contributed by atoms with van der Waals surface area (Å²) in [5.74, 6) is -1.61. The molecule has 196 valence electrons. The Morgan fingerprint density at radius 2 is 1.54 bits per heavy atom. The fourth-order valence-electron chi connectivity index (χ4n) is 3.69. The van der Waals surface area contributed by atoms with Crippen LogP contribution < -0.4 is 16.0 Å². The van der Waals surface area contributed by atoms with E-state index < -0.39 is 42.9 Å². The van der Waals surface area contributed by atoms with Crippen molar-refractivity contribution in [3.8, 4) is 5.75 Å². The molecule has 0 atom stereocenters. The van der Waals surface area contributed by atoms with Crippen LogP contribution in [0.4, 0.5) is 8.78 Å². The van der Waals surface area contributed by atoms with Crippen LogP contribution in [0.1, 0.15) is 11.1 Å². The van der Waals surface area contributed by atoms with Crippen molar-refractivity contribution in [2.75, 3.05) is 12.5 Å². The summed E-state index contributed by atoms with van der Waals surface area (Å²) in [7, 11) is -8.31. The number of hydrogen-bond donors (Lipinski definition) is 0. The largest absolute Gasteiger partial charge is 0.487 e. The maximum atomic E-state index is 13.8. The highest BCUT2D eigenvalue weighted by Crippen LogP contribution is 2.23. The highest BCUT2D eigenvalue weighted by Gasteiger charge is 2.25. The van der Waals surface area contributed by atoms with Crippen LogP contribution in [0.2, 0.25) is 5.02 Å². The summed E-state index contributed by atoms with van der Waals surface area (Å²) in [4.78, 5) is 25.4. The minimum Gasteiger partial charge on any atom is -0.487 e. The van der Waals surface area contributed by atoms with Gasteiger partial charge in [0.15, 0.2) is 0 Å². The first kappa shape index (κ1) is 26.6. The van der Waals surface area contributed by atoms with Crippen LogP contribution in [0, 0.1) is 11.6 Å². The van der Waals surface area contributed by atoms with Gasteiger partial charge in [0.05, 0.1) is 30.1 Å². The average Bonchev–Trinajstić information content (AvgIpc) is 3.09. The second-order valence-corrected chi connectivity index (χ2v) is 12.2. The maximum Gasteiger partial charge on any atom is 0.356 e. The number of aromatic nitrogens is 3. The Kier molecular flexibility index (Phi) is 6.77. The molecule has 0 saturated carbocycles. The molecule has 0 spiro atoms. The summed E-state index contributed by atoms with van der Waals surface area (Å²) in [6.45, 7) is -0.435. The molecule has 2 aromatic heterocycles. The van der Waals surface area contributed by atoms with E-state index >= 15 is 0 Å². The Morgan fingerprint density at radius 1 is 0.892 bits per heavy atom. The summed E-state index contributed by atoms with van der Waals surface area (Å²) in [5, 5.41) is -0.317. The molecule has 15 heteroatoms. The highest BCUT2D eigenvalue weighted by molar-refractivity contribution is 7.90. The van der Waals surface area contributed by atoms with Crippen molar-refractivity contribution >= 4 is 42.7 Å². The van der Waals surface area contributed by atoms with Crippen molar-refractivity contribution in [2.45, 2.75) is 13.2 Å². The lowest BCUT2D eigenvalue weighted by Gasteiger charge is -2.12. The smallest absolute Gasteiger partial charge is 0.356 e. The molecule has 0 aliphatic rings. The van der Waals surface area contributed by atoms with Crippen molar-refractivity contribution in [3.05, 3.63) is 97.3 Å². The molecule has 0 unspecified atom stereocenters. The van der Waals surface area contributed by atoms with E-state index in [-0.39, 0.29) is 40.5 Å². The molecular formula is C22H18ClF2N3O7S2. The quantitative estimate of drug-likeness (QED) is 0.331. The number of halogens is 3. The van der Waals surface area contributed by atoms with Gasteiger partial charge in [-0.1, -0.05) is 17.7 Å². The van der Waals surface area contributed by atoms with Crippen molar-refractivity contribution in [1.29, 1.82) is 0 Å². The molecule has 0 fully saturated rings. The van der Waals surface area contributed by atoms with E-state index in [0.717, 1.165) is 18.6 Å². The first-order valence-electron chi connectivity index (χ1n) is 10.3. The number of nitrogens with zero attached hydrogens (tertiary/aromatic N) is 3. The molecule has 2 heterocycles. The predicted octanol–water partition coefficient (Wildman–Crippen LogP) is 2.14. The number of imidazole rings is 1. The molecule has 0 N–H and O–H groups in total.